The number of hydrogen-bond acceptors (Lipinski definition) is 4. The number of esters is 1. The second kappa shape index (κ2) is 6.50. The molecule has 4 nitrogen and oxygen atoms in total. The second-order valence-electron chi connectivity index (χ2n) is 4.39. The smallest absolute Gasteiger partial charge is 0.341 e. The first kappa shape index (κ1) is 14.6. The average molecular weight is 272 g/mol. The van der Waals surface area contributed by atoms with Crippen LogP contribution in [0.1, 0.15) is 30.6 Å². The van der Waals surface area contributed by atoms with Gasteiger partial charge in [0.2, 0.25) is 0 Å². The maximum absolute atomic E-state index is 11.9. The van der Waals surface area contributed by atoms with E-state index in [4.69, 9.17) is 26.8 Å². The predicted octanol–water partition coefficient (Wildman–Crippen LogP) is 3.13. The van der Waals surface area contributed by atoms with Crippen LogP contribution in [-0.2, 0) is 4.74 Å². The summed E-state index contributed by atoms with van der Waals surface area (Å²) in [6, 6.07) is 2.98. The monoisotopic (exact) mass is 271 g/mol. The lowest BCUT2D eigenvalue weighted by molar-refractivity contribution is 0.0484. The zero-order valence-corrected chi connectivity index (χ0v) is 11.6. The number of carbonyl (C=O) groups is 1. The van der Waals surface area contributed by atoms with Gasteiger partial charge in [-0.2, -0.15) is 0 Å². The van der Waals surface area contributed by atoms with Gasteiger partial charge in [0.25, 0.3) is 0 Å². The Bertz CT molecular complexity index is 432. The van der Waals surface area contributed by atoms with Crippen LogP contribution < -0.4 is 10.5 Å². The molecule has 0 radical (unpaired) electrons. The minimum atomic E-state index is -0.450. The molecule has 0 saturated carbocycles. The molecule has 5 heteroatoms. The molecule has 0 aliphatic carbocycles. The maximum atomic E-state index is 11.9. The molecule has 0 aliphatic rings. The highest BCUT2D eigenvalue weighted by atomic mass is 35.5. The summed E-state index contributed by atoms with van der Waals surface area (Å²) in [5, 5.41) is 0.312. The highest BCUT2D eigenvalue weighted by Crippen LogP contribution is 2.29. The van der Waals surface area contributed by atoms with Crippen molar-refractivity contribution in [2.45, 2.75) is 20.3 Å². The van der Waals surface area contributed by atoms with Gasteiger partial charge in [0.05, 0.1) is 24.4 Å². The molecular formula is C13H18ClNO3. The summed E-state index contributed by atoms with van der Waals surface area (Å²) in [5.41, 5.74) is 6.30. The van der Waals surface area contributed by atoms with E-state index in [9.17, 15) is 4.79 Å². The summed E-state index contributed by atoms with van der Waals surface area (Å²) in [4.78, 5) is 11.9. The van der Waals surface area contributed by atoms with E-state index in [2.05, 4.69) is 13.8 Å². The van der Waals surface area contributed by atoms with Crippen molar-refractivity contribution in [2.75, 3.05) is 19.5 Å². The Hall–Kier alpha value is -1.42. The van der Waals surface area contributed by atoms with Gasteiger partial charge in [-0.05, 0) is 18.4 Å². The van der Waals surface area contributed by atoms with Gasteiger partial charge in [0.1, 0.15) is 11.3 Å². The predicted molar refractivity (Wildman–Crippen MR) is 72.2 cm³/mol. The molecule has 0 unspecified atom stereocenters. The van der Waals surface area contributed by atoms with E-state index in [-0.39, 0.29) is 0 Å². The third-order valence-electron chi connectivity index (χ3n) is 2.47. The first-order chi connectivity index (χ1) is 8.45. The zero-order chi connectivity index (χ0) is 13.7. The van der Waals surface area contributed by atoms with Crippen LogP contribution in [0.4, 0.5) is 5.69 Å². The third kappa shape index (κ3) is 3.81. The Balaban J connectivity index is 2.81. The van der Waals surface area contributed by atoms with Gasteiger partial charge in [-0.3, -0.25) is 0 Å². The van der Waals surface area contributed by atoms with Crippen molar-refractivity contribution >= 4 is 23.3 Å². The molecule has 0 atom stereocenters. The van der Waals surface area contributed by atoms with Crippen molar-refractivity contribution in [1.82, 2.24) is 0 Å². The van der Waals surface area contributed by atoms with Gasteiger partial charge in [0.15, 0.2) is 0 Å². The molecule has 0 fully saturated rings. The highest BCUT2D eigenvalue weighted by Gasteiger charge is 2.16. The number of benzene rings is 1. The van der Waals surface area contributed by atoms with Crippen LogP contribution in [-0.4, -0.2) is 19.7 Å². The van der Waals surface area contributed by atoms with E-state index in [1.54, 1.807) is 0 Å². The van der Waals surface area contributed by atoms with Crippen LogP contribution >= 0.6 is 11.6 Å². The molecule has 0 spiro atoms. The molecule has 1 aromatic rings. The first-order valence-electron chi connectivity index (χ1n) is 5.75. The second-order valence-corrected chi connectivity index (χ2v) is 4.80. The van der Waals surface area contributed by atoms with Crippen molar-refractivity contribution in [2.24, 2.45) is 5.92 Å². The zero-order valence-electron chi connectivity index (χ0n) is 10.8. The van der Waals surface area contributed by atoms with Crippen molar-refractivity contribution in [3.05, 3.63) is 22.7 Å². The van der Waals surface area contributed by atoms with Gasteiger partial charge >= 0.3 is 5.97 Å². The van der Waals surface area contributed by atoms with E-state index in [1.165, 1.54) is 19.2 Å². The van der Waals surface area contributed by atoms with Gasteiger partial charge in [-0.1, -0.05) is 25.4 Å². The van der Waals surface area contributed by atoms with Crippen molar-refractivity contribution in [1.29, 1.82) is 0 Å². The summed E-state index contributed by atoms with van der Waals surface area (Å²) in [5.74, 6) is 0.399. The fourth-order valence-electron chi connectivity index (χ4n) is 1.36. The Morgan fingerprint density at radius 1 is 1.44 bits per heavy atom. The molecule has 0 bridgehead atoms. The molecule has 1 aromatic carbocycles. The fourth-order valence-corrected chi connectivity index (χ4v) is 1.53. The van der Waals surface area contributed by atoms with E-state index in [0.29, 0.717) is 34.5 Å². The number of nitrogens with two attached hydrogens (primary N) is 1. The highest BCUT2D eigenvalue weighted by molar-refractivity contribution is 6.33. The van der Waals surface area contributed by atoms with Crippen molar-refractivity contribution < 1.29 is 14.3 Å². The lowest BCUT2D eigenvalue weighted by atomic mass is 10.1. The number of nitrogen functional groups attached to an aromatic ring is 1. The largest absolute Gasteiger partial charge is 0.496 e. The molecule has 0 heterocycles. The normalized spacial score (nSPS) is 10.5. The molecular weight excluding hydrogens is 254 g/mol. The number of hydrogen-bond donors (Lipinski definition) is 1. The van der Waals surface area contributed by atoms with Crippen LogP contribution in [0.3, 0.4) is 0 Å². The molecule has 0 saturated heterocycles. The molecule has 100 valence electrons. The van der Waals surface area contributed by atoms with E-state index < -0.39 is 5.97 Å². The summed E-state index contributed by atoms with van der Waals surface area (Å²) in [7, 11) is 1.47. The molecule has 0 amide bonds. The van der Waals surface area contributed by atoms with Crippen LogP contribution in [0.2, 0.25) is 5.02 Å². The Morgan fingerprint density at radius 2 is 2.11 bits per heavy atom. The van der Waals surface area contributed by atoms with Gasteiger partial charge in [0, 0.05) is 6.07 Å². The standard InChI is InChI=1S/C13H18ClNO3/c1-8(2)4-5-18-13(16)9-6-10(14)11(15)7-12(9)17-3/h6-8H,4-5,15H2,1-3H3. The summed E-state index contributed by atoms with van der Waals surface area (Å²) in [6.45, 7) is 4.50. The van der Waals surface area contributed by atoms with Crippen molar-refractivity contribution in [3.8, 4) is 5.75 Å². The minimum absolute atomic E-state index is 0.292. The number of methoxy groups -OCH3 is 1. The van der Waals surface area contributed by atoms with Gasteiger partial charge in [-0.15, -0.1) is 0 Å². The van der Waals surface area contributed by atoms with Gasteiger partial charge in [-0.25, -0.2) is 4.79 Å². The molecule has 0 aromatic heterocycles. The van der Waals surface area contributed by atoms with E-state index in [1.807, 2.05) is 0 Å². The summed E-state index contributed by atoms with van der Waals surface area (Å²) >= 11 is 5.88. The number of halogens is 1. The molecule has 2 N–H and O–H groups in total. The Kier molecular flexibility index (Phi) is 5.28. The van der Waals surface area contributed by atoms with Crippen LogP contribution in [0.15, 0.2) is 12.1 Å². The minimum Gasteiger partial charge on any atom is -0.496 e. The van der Waals surface area contributed by atoms with E-state index in [0.717, 1.165) is 6.42 Å². The lowest BCUT2D eigenvalue weighted by Gasteiger charge is -2.11. The molecule has 0 aliphatic heterocycles. The van der Waals surface area contributed by atoms with Crippen LogP contribution in [0.5, 0.6) is 5.75 Å². The third-order valence-corrected chi connectivity index (χ3v) is 2.79. The quantitative estimate of drug-likeness (QED) is 0.660. The van der Waals surface area contributed by atoms with Crippen molar-refractivity contribution in [3.63, 3.8) is 0 Å². The first-order valence-corrected chi connectivity index (χ1v) is 6.13. The Labute approximate surface area is 112 Å². The topological polar surface area (TPSA) is 61.5 Å². The number of carbonyl (C=O) groups excluding carboxylic acids is 1. The SMILES string of the molecule is COc1cc(N)c(Cl)cc1C(=O)OCCC(C)C. The Morgan fingerprint density at radius 3 is 2.67 bits per heavy atom. The van der Waals surface area contributed by atoms with Crippen LogP contribution in [0, 0.1) is 5.92 Å². The van der Waals surface area contributed by atoms with Crippen LogP contribution in [0.25, 0.3) is 0 Å². The number of rotatable bonds is 5. The maximum Gasteiger partial charge on any atom is 0.341 e. The summed E-state index contributed by atoms with van der Waals surface area (Å²) < 4.78 is 10.2. The summed E-state index contributed by atoms with van der Waals surface area (Å²) in [6.07, 6.45) is 0.816. The molecule has 1 rings (SSSR count). The average Bonchev–Trinajstić information content (AvgIpc) is 2.31. The molecule has 18 heavy (non-hydrogen) atoms. The number of anilines is 1. The fraction of sp³-hybridized carbons (Fsp3) is 0.462. The lowest BCUT2D eigenvalue weighted by Crippen LogP contribution is -2.10. The number of ether oxygens (including phenoxy) is 2. The van der Waals surface area contributed by atoms with Gasteiger partial charge < -0.3 is 15.2 Å². The van der Waals surface area contributed by atoms with E-state index >= 15 is 0 Å².